The van der Waals surface area contributed by atoms with E-state index >= 15 is 0 Å². The lowest BCUT2D eigenvalue weighted by molar-refractivity contribution is -0.115. The van der Waals surface area contributed by atoms with Crippen LogP contribution in [0.1, 0.15) is 37.4 Å². The van der Waals surface area contributed by atoms with Crippen molar-refractivity contribution in [3.63, 3.8) is 0 Å². The Morgan fingerprint density at radius 3 is 2.58 bits per heavy atom. The number of hydrogen-bond donors (Lipinski definition) is 2. The van der Waals surface area contributed by atoms with Gasteiger partial charge in [0.05, 0.1) is 34.2 Å². The van der Waals surface area contributed by atoms with Crippen molar-refractivity contribution < 1.29 is 19.1 Å². The lowest BCUT2D eigenvalue weighted by Gasteiger charge is -2.07. The highest BCUT2D eigenvalue weighted by Gasteiger charge is 2.27. The fourth-order valence-electron chi connectivity index (χ4n) is 2.78. The Bertz CT molecular complexity index is 1130. The van der Waals surface area contributed by atoms with Crippen molar-refractivity contribution in [2.75, 3.05) is 17.2 Å². The van der Waals surface area contributed by atoms with Crippen molar-refractivity contribution in [3.8, 4) is 0 Å². The third-order valence-corrected chi connectivity index (χ3v) is 6.82. The molecule has 2 amide bonds. The Kier molecular flexibility index (Phi) is 7.72. The predicted molar refractivity (Wildman–Crippen MR) is 126 cm³/mol. The SMILES string of the molecule is CCOC(=O)c1c(NC(=O)Cc2cccs2)sc(C(=O)Nc2cc(Cl)ccc2Cl)c1C. The van der Waals surface area contributed by atoms with Crippen LogP contribution >= 0.6 is 45.9 Å². The Balaban J connectivity index is 1.90. The van der Waals surface area contributed by atoms with E-state index in [0.717, 1.165) is 16.2 Å². The molecule has 1 aromatic carbocycles. The van der Waals surface area contributed by atoms with Crippen molar-refractivity contribution in [1.29, 1.82) is 0 Å². The molecule has 0 atom stereocenters. The van der Waals surface area contributed by atoms with Crippen molar-refractivity contribution in [1.82, 2.24) is 0 Å². The fourth-order valence-corrected chi connectivity index (χ4v) is 4.93. The van der Waals surface area contributed by atoms with Crippen molar-refractivity contribution in [3.05, 3.63) is 66.6 Å². The molecular weight excluding hydrogens is 479 g/mol. The Hall–Kier alpha value is -2.39. The molecule has 0 radical (unpaired) electrons. The number of anilines is 2. The van der Waals surface area contributed by atoms with Crippen LogP contribution in [0.2, 0.25) is 10.0 Å². The first kappa shape index (κ1) is 23.3. The van der Waals surface area contributed by atoms with Gasteiger partial charge in [0.1, 0.15) is 5.00 Å². The summed E-state index contributed by atoms with van der Waals surface area (Å²) < 4.78 is 5.13. The molecule has 0 aliphatic heterocycles. The van der Waals surface area contributed by atoms with Gasteiger partial charge in [-0.05, 0) is 49.1 Å². The zero-order chi connectivity index (χ0) is 22.5. The van der Waals surface area contributed by atoms with Gasteiger partial charge in [-0.2, -0.15) is 0 Å². The smallest absolute Gasteiger partial charge is 0.341 e. The molecule has 0 bridgehead atoms. The summed E-state index contributed by atoms with van der Waals surface area (Å²) in [6.07, 6.45) is 0.163. The van der Waals surface area contributed by atoms with Gasteiger partial charge >= 0.3 is 5.97 Å². The van der Waals surface area contributed by atoms with Gasteiger partial charge in [-0.1, -0.05) is 29.3 Å². The van der Waals surface area contributed by atoms with Crippen LogP contribution in [0.3, 0.4) is 0 Å². The largest absolute Gasteiger partial charge is 0.462 e. The monoisotopic (exact) mass is 496 g/mol. The van der Waals surface area contributed by atoms with Gasteiger partial charge in [0.25, 0.3) is 5.91 Å². The number of hydrogen-bond acceptors (Lipinski definition) is 6. The lowest BCUT2D eigenvalue weighted by Crippen LogP contribution is -2.16. The molecule has 0 fully saturated rings. The van der Waals surface area contributed by atoms with Crippen LogP contribution < -0.4 is 10.6 Å². The van der Waals surface area contributed by atoms with Gasteiger partial charge in [0.15, 0.2) is 0 Å². The number of amides is 2. The predicted octanol–water partition coefficient (Wildman–Crippen LogP) is 6.04. The number of carbonyl (C=O) groups is 3. The topological polar surface area (TPSA) is 84.5 Å². The second-order valence-electron chi connectivity index (χ2n) is 6.36. The molecule has 2 heterocycles. The summed E-state index contributed by atoms with van der Waals surface area (Å²) in [6, 6.07) is 8.41. The molecular formula is C21H18Cl2N2O4S2. The third-order valence-electron chi connectivity index (χ3n) is 4.18. The summed E-state index contributed by atoms with van der Waals surface area (Å²) in [7, 11) is 0. The van der Waals surface area contributed by atoms with Crippen molar-refractivity contribution in [2.45, 2.75) is 20.3 Å². The van der Waals surface area contributed by atoms with E-state index in [-0.39, 0.29) is 34.4 Å². The standard InChI is InChI=1S/C21H18Cl2N2O4S2/c1-3-29-21(28)17-11(2)18(19(27)24-15-9-12(22)6-7-14(15)23)31-20(17)25-16(26)10-13-5-4-8-30-13/h4-9H,3,10H2,1-2H3,(H,24,27)(H,25,26). The summed E-state index contributed by atoms with van der Waals surface area (Å²) in [5, 5.41) is 8.33. The number of carbonyl (C=O) groups excluding carboxylic acids is 3. The minimum absolute atomic E-state index is 0.161. The van der Waals surface area contributed by atoms with Crippen LogP contribution in [-0.2, 0) is 16.0 Å². The molecule has 2 N–H and O–H groups in total. The van der Waals surface area contributed by atoms with E-state index in [1.165, 1.54) is 17.4 Å². The fraction of sp³-hybridized carbons (Fsp3) is 0.190. The number of ether oxygens (including phenoxy) is 1. The zero-order valence-corrected chi connectivity index (χ0v) is 19.7. The number of halogens is 2. The number of esters is 1. The molecule has 162 valence electrons. The van der Waals surface area contributed by atoms with Gasteiger partial charge in [0.2, 0.25) is 5.91 Å². The van der Waals surface area contributed by atoms with E-state index in [2.05, 4.69) is 10.6 Å². The summed E-state index contributed by atoms with van der Waals surface area (Å²) in [5.74, 6) is -1.38. The van der Waals surface area contributed by atoms with Crippen LogP contribution in [-0.4, -0.2) is 24.4 Å². The van der Waals surface area contributed by atoms with Crippen molar-refractivity contribution >= 4 is 74.3 Å². The van der Waals surface area contributed by atoms with E-state index in [9.17, 15) is 14.4 Å². The van der Waals surface area contributed by atoms with E-state index in [0.29, 0.717) is 21.3 Å². The molecule has 0 unspecified atom stereocenters. The molecule has 31 heavy (non-hydrogen) atoms. The lowest BCUT2D eigenvalue weighted by atomic mass is 10.1. The molecule has 6 nitrogen and oxygen atoms in total. The van der Waals surface area contributed by atoms with Gasteiger partial charge in [-0.3, -0.25) is 9.59 Å². The van der Waals surface area contributed by atoms with Crippen molar-refractivity contribution in [2.24, 2.45) is 0 Å². The second-order valence-corrected chi connectivity index (χ2v) is 9.26. The van der Waals surface area contributed by atoms with Gasteiger partial charge in [-0.25, -0.2) is 4.79 Å². The highest BCUT2D eigenvalue weighted by atomic mass is 35.5. The second kappa shape index (κ2) is 10.3. The van der Waals surface area contributed by atoms with Crippen LogP contribution in [0.15, 0.2) is 35.7 Å². The maximum absolute atomic E-state index is 12.9. The molecule has 10 heteroatoms. The number of nitrogens with one attached hydrogen (secondary N) is 2. The molecule has 0 aliphatic carbocycles. The summed E-state index contributed by atoms with van der Waals surface area (Å²) in [4.78, 5) is 39.1. The van der Waals surface area contributed by atoms with Crippen LogP contribution in [0.5, 0.6) is 0 Å². The van der Waals surface area contributed by atoms with Gasteiger partial charge in [-0.15, -0.1) is 22.7 Å². The average Bonchev–Trinajstić information content (AvgIpc) is 3.32. The summed E-state index contributed by atoms with van der Waals surface area (Å²) in [6.45, 7) is 3.48. The Labute approximate surface area is 197 Å². The first-order valence-electron chi connectivity index (χ1n) is 9.19. The van der Waals surface area contributed by atoms with Crippen LogP contribution in [0.25, 0.3) is 0 Å². The molecule has 3 rings (SSSR count). The molecule has 0 spiro atoms. The quantitative estimate of drug-likeness (QED) is 0.390. The molecule has 0 saturated heterocycles. The molecule has 2 aromatic heterocycles. The number of benzene rings is 1. The maximum Gasteiger partial charge on any atom is 0.341 e. The first-order chi connectivity index (χ1) is 14.8. The highest BCUT2D eigenvalue weighted by molar-refractivity contribution is 7.19. The van der Waals surface area contributed by atoms with Gasteiger partial charge < -0.3 is 15.4 Å². The minimum Gasteiger partial charge on any atom is -0.462 e. The number of thiophene rings is 2. The van der Waals surface area contributed by atoms with E-state index in [1.54, 1.807) is 26.0 Å². The Morgan fingerprint density at radius 1 is 1.13 bits per heavy atom. The zero-order valence-electron chi connectivity index (χ0n) is 16.6. The summed E-state index contributed by atoms with van der Waals surface area (Å²) in [5.41, 5.74) is 0.909. The van der Waals surface area contributed by atoms with E-state index < -0.39 is 11.9 Å². The molecule has 0 aliphatic rings. The third kappa shape index (κ3) is 5.65. The van der Waals surface area contributed by atoms with Crippen LogP contribution in [0.4, 0.5) is 10.7 Å². The summed E-state index contributed by atoms with van der Waals surface area (Å²) >= 11 is 14.6. The Morgan fingerprint density at radius 2 is 1.90 bits per heavy atom. The maximum atomic E-state index is 12.9. The highest BCUT2D eigenvalue weighted by Crippen LogP contribution is 2.35. The van der Waals surface area contributed by atoms with E-state index in [1.807, 2.05) is 17.5 Å². The molecule has 3 aromatic rings. The molecule has 0 saturated carbocycles. The van der Waals surface area contributed by atoms with Crippen LogP contribution in [0, 0.1) is 6.92 Å². The first-order valence-corrected chi connectivity index (χ1v) is 11.6. The van der Waals surface area contributed by atoms with Gasteiger partial charge in [0, 0.05) is 9.90 Å². The average molecular weight is 497 g/mol. The normalized spacial score (nSPS) is 10.6. The van der Waals surface area contributed by atoms with E-state index in [4.69, 9.17) is 27.9 Å². The number of rotatable bonds is 7. The minimum atomic E-state index is -0.609.